The normalized spacial score (nSPS) is 10.7. The topological polar surface area (TPSA) is 125 Å². The lowest BCUT2D eigenvalue weighted by atomic mass is 9.98. The third kappa shape index (κ3) is 19.8. The van der Waals surface area contributed by atoms with Crippen molar-refractivity contribution in [3.63, 3.8) is 0 Å². The number of hydrogen-bond donors (Lipinski definition) is 0. The Kier molecular flexibility index (Phi) is 23.4. The van der Waals surface area contributed by atoms with Crippen LogP contribution in [0.15, 0.2) is 258 Å². The fraction of sp³-hybridized carbons (Fsp3) is 0.118. The number of esters is 2. The van der Waals surface area contributed by atoms with E-state index in [-0.39, 0.29) is 88.2 Å². The fourth-order valence-electron chi connectivity index (χ4n) is 10.1. The Morgan fingerprint density at radius 3 is 0.698 bits per heavy atom. The zero-order valence-electron chi connectivity index (χ0n) is 53.6. The minimum absolute atomic E-state index is 0.0271. The smallest absolute Gasteiger partial charge is 0.338 e. The van der Waals surface area contributed by atoms with Gasteiger partial charge in [-0.2, -0.15) is 0 Å². The summed E-state index contributed by atoms with van der Waals surface area (Å²) >= 11 is 0. The maximum absolute atomic E-state index is 14.7. The predicted molar refractivity (Wildman–Crippen MR) is 382 cm³/mol. The third-order valence-corrected chi connectivity index (χ3v) is 15.7. The van der Waals surface area contributed by atoms with Crippen LogP contribution in [-0.4, -0.2) is 17.7 Å². The van der Waals surface area contributed by atoms with E-state index in [4.69, 9.17) is 37.9 Å². The lowest BCUT2D eigenvalue weighted by Gasteiger charge is -2.15. The maximum Gasteiger partial charge on any atom is 0.338 e. The van der Waals surface area contributed by atoms with E-state index in [1.165, 1.54) is 18.2 Å². The second kappa shape index (κ2) is 33.6. The van der Waals surface area contributed by atoms with Gasteiger partial charge in [0.25, 0.3) is 0 Å². The Bertz CT molecular complexity index is 3690. The molecular formula is C85H74O11. The van der Waals surface area contributed by atoms with Gasteiger partial charge in [0.05, 0.1) is 11.1 Å². The first kappa shape index (κ1) is 67.0. The Balaban J connectivity index is 0.917. The zero-order valence-corrected chi connectivity index (χ0v) is 53.6. The number of carbonyl (C=O) groups excluding carboxylic acids is 3. The molecule has 10 aromatic rings. The molecule has 10 rings (SSSR count). The molecule has 0 aliphatic heterocycles. The lowest BCUT2D eigenvalue weighted by Crippen LogP contribution is -2.13. The molecular weight excluding hydrogens is 1200 g/mol. The van der Waals surface area contributed by atoms with Crippen LogP contribution in [0, 0.1) is 0 Å². The maximum atomic E-state index is 14.7. The first-order valence-corrected chi connectivity index (χ1v) is 31.4. The number of benzene rings is 10. The van der Waals surface area contributed by atoms with Gasteiger partial charge in [-0.25, -0.2) is 9.59 Å². The van der Waals surface area contributed by atoms with Crippen molar-refractivity contribution in [2.24, 2.45) is 0 Å². The molecule has 0 saturated heterocycles. The summed E-state index contributed by atoms with van der Waals surface area (Å²) in [5.74, 6) is 1.04. The quantitative estimate of drug-likeness (QED) is 0.0283. The number of carbonyl (C=O) groups is 3. The zero-order chi connectivity index (χ0) is 67.0. The van der Waals surface area contributed by atoms with Crippen molar-refractivity contribution in [1.29, 1.82) is 0 Å². The minimum Gasteiger partial charge on any atom is -0.489 e. The molecule has 0 radical (unpaired) electrons. The largest absolute Gasteiger partial charge is 0.489 e. The predicted octanol–water partition coefficient (Wildman–Crippen LogP) is 19.5. The molecule has 0 aliphatic rings. The molecule has 0 N–H and O–H groups in total. The molecule has 0 bridgehead atoms. The molecule has 0 saturated carbocycles. The van der Waals surface area contributed by atoms with Crippen LogP contribution in [0.5, 0.6) is 34.5 Å². The molecule has 11 nitrogen and oxygen atoms in total. The van der Waals surface area contributed by atoms with E-state index in [9.17, 15) is 14.4 Å². The van der Waals surface area contributed by atoms with E-state index in [1.54, 1.807) is 72.9 Å². The van der Waals surface area contributed by atoms with Crippen molar-refractivity contribution in [3.05, 3.63) is 358 Å². The van der Waals surface area contributed by atoms with Gasteiger partial charge in [-0.3, -0.25) is 4.79 Å². The Labute approximate surface area is 561 Å². The van der Waals surface area contributed by atoms with Gasteiger partial charge in [0.15, 0.2) is 5.78 Å². The molecule has 0 aromatic heterocycles. The molecule has 0 unspecified atom stereocenters. The van der Waals surface area contributed by atoms with Gasteiger partial charge in [0.1, 0.15) is 87.4 Å². The van der Waals surface area contributed by atoms with Crippen molar-refractivity contribution < 1.29 is 52.3 Å². The van der Waals surface area contributed by atoms with Crippen LogP contribution in [0.25, 0.3) is 36.5 Å². The summed E-state index contributed by atoms with van der Waals surface area (Å²) in [5.41, 5.74) is 13.4. The monoisotopic (exact) mass is 1270 g/mol. The second-order valence-electron chi connectivity index (χ2n) is 22.7. The summed E-state index contributed by atoms with van der Waals surface area (Å²) in [7, 11) is 0. The van der Waals surface area contributed by atoms with E-state index in [1.807, 2.05) is 164 Å². The molecule has 0 fully saturated rings. The highest BCUT2D eigenvalue weighted by Crippen LogP contribution is 2.31. The number of Topliss-reactive ketones (excluding diaryl/α,β-unsaturated/α-hetero) is 1. The standard InChI is InChI=1S/C85H74O11/c1-7-59-13-25-65(26-14-59)51-89-77-39-71(40-78(48-77)90-52-66-27-15-60(8-2)16-28-66)37-38-83(86)74-45-75(84(87)95-57-72-41-79(91-53-67-29-17-61(9-3)18-30-67)49-80(42-72)92-54-68-31-19-62(10-4)20-32-68)47-76(46-74)85(88)96-58-73-43-81(93-55-69-33-21-63(11-5)22-34-69)50-82(44-73)94-56-70-35-23-64(12-6)24-36-70/h7-36,39-50H,1-6,37-38,51-58H2. The van der Waals surface area contributed by atoms with E-state index >= 15 is 0 Å². The van der Waals surface area contributed by atoms with Crippen molar-refractivity contribution in [2.45, 2.75) is 65.7 Å². The molecule has 11 heteroatoms. The van der Waals surface area contributed by atoms with Crippen LogP contribution in [0.3, 0.4) is 0 Å². The van der Waals surface area contributed by atoms with Crippen molar-refractivity contribution in [1.82, 2.24) is 0 Å². The number of hydrogen-bond acceptors (Lipinski definition) is 11. The number of ether oxygens (including phenoxy) is 8. The minimum atomic E-state index is -0.799. The number of rotatable bonds is 34. The lowest BCUT2D eigenvalue weighted by molar-refractivity contribution is 0.0469. The summed E-state index contributed by atoms with van der Waals surface area (Å²) in [6.07, 6.45) is 10.9. The average Bonchev–Trinajstić information content (AvgIpc) is 0.930. The van der Waals surface area contributed by atoms with Gasteiger partial charge in [0, 0.05) is 30.2 Å². The van der Waals surface area contributed by atoms with E-state index in [0.717, 1.165) is 72.3 Å². The second-order valence-corrected chi connectivity index (χ2v) is 22.7. The number of aryl methyl sites for hydroxylation is 1. The van der Waals surface area contributed by atoms with E-state index < -0.39 is 11.9 Å². The van der Waals surface area contributed by atoms with Gasteiger partial charge in [-0.15, -0.1) is 0 Å². The molecule has 0 heterocycles. The van der Waals surface area contributed by atoms with Gasteiger partial charge in [-0.05, 0) is 144 Å². The summed E-state index contributed by atoms with van der Waals surface area (Å²) in [4.78, 5) is 43.7. The van der Waals surface area contributed by atoms with Crippen LogP contribution >= 0.6 is 0 Å². The summed E-state index contributed by atoms with van der Waals surface area (Å²) in [6, 6.07) is 67.7. The van der Waals surface area contributed by atoms with E-state index in [0.29, 0.717) is 45.6 Å². The third-order valence-electron chi connectivity index (χ3n) is 15.7. The van der Waals surface area contributed by atoms with Crippen molar-refractivity contribution in [2.75, 3.05) is 0 Å². The summed E-state index contributed by atoms with van der Waals surface area (Å²) < 4.78 is 50.0. The summed E-state index contributed by atoms with van der Waals surface area (Å²) in [5, 5.41) is 0. The molecule has 96 heavy (non-hydrogen) atoms. The first-order chi connectivity index (χ1) is 46.9. The van der Waals surface area contributed by atoms with Gasteiger partial charge >= 0.3 is 11.9 Å². The molecule has 10 aromatic carbocycles. The van der Waals surface area contributed by atoms with Crippen LogP contribution in [0.4, 0.5) is 0 Å². The molecule has 480 valence electrons. The molecule has 0 spiro atoms. The Morgan fingerprint density at radius 1 is 0.250 bits per heavy atom. The Morgan fingerprint density at radius 2 is 0.469 bits per heavy atom. The molecule has 0 aliphatic carbocycles. The average molecular weight is 1270 g/mol. The highest BCUT2D eigenvalue weighted by atomic mass is 16.5. The Hall–Kier alpha value is -12.0. The van der Waals surface area contributed by atoms with Crippen LogP contribution in [-0.2, 0) is 68.7 Å². The molecule has 0 amide bonds. The van der Waals surface area contributed by atoms with Crippen molar-refractivity contribution in [3.8, 4) is 34.5 Å². The summed E-state index contributed by atoms with van der Waals surface area (Å²) in [6.45, 7) is 24.3. The van der Waals surface area contributed by atoms with Gasteiger partial charge < -0.3 is 37.9 Å². The highest BCUT2D eigenvalue weighted by Gasteiger charge is 2.21. The van der Waals surface area contributed by atoms with E-state index in [2.05, 4.69) is 39.5 Å². The van der Waals surface area contributed by atoms with Gasteiger partial charge in [0.2, 0.25) is 0 Å². The molecule has 0 atom stereocenters. The SMILES string of the molecule is C=Cc1ccc(COc2cc(CCC(=O)c3cc(C(=O)OCc4cc(OCc5ccc(C=C)cc5)cc(OCc5ccc(C=C)cc5)c4)cc(C(=O)OCc4cc(OCc5ccc(C=C)cc5)cc(OCc5ccc(C=C)cc5)c4)c3)cc(OCc3ccc(C=C)cc3)c2)cc1. The number of ketones is 1. The fourth-order valence-corrected chi connectivity index (χ4v) is 10.1. The van der Waals surface area contributed by atoms with Crippen molar-refractivity contribution >= 4 is 54.2 Å². The highest BCUT2D eigenvalue weighted by molar-refractivity contribution is 6.03. The van der Waals surface area contributed by atoms with Crippen LogP contribution < -0.4 is 28.4 Å². The van der Waals surface area contributed by atoms with Crippen LogP contribution in [0.1, 0.15) is 121 Å². The van der Waals surface area contributed by atoms with Gasteiger partial charge in [-0.1, -0.05) is 222 Å². The van der Waals surface area contributed by atoms with Crippen LogP contribution in [0.2, 0.25) is 0 Å². The first-order valence-electron chi connectivity index (χ1n) is 31.4.